The Morgan fingerprint density at radius 3 is 2.71 bits per heavy atom. The summed E-state index contributed by atoms with van der Waals surface area (Å²) >= 11 is 6.14. The molecule has 0 unspecified atom stereocenters. The monoisotopic (exact) mass is 253 g/mol. The van der Waals surface area contributed by atoms with Crippen molar-refractivity contribution in [2.75, 3.05) is 26.8 Å². The molecular weight excluding hydrogens is 238 g/mol. The van der Waals surface area contributed by atoms with Gasteiger partial charge in [-0.25, -0.2) is 0 Å². The number of benzene rings is 1. The summed E-state index contributed by atoms with van der Waals surface area (Å²) < 4.78 is 11.4. The Morgan fingerprint density at radius 1 is 1.24 bits per heavy atom. The maximum atomic E-state index is 6.14. The van der Waals surface area contributed by atoms with Gasteiger partial charge in [-0.1, -0.05) is 17.7 Å². The number of rotatable bonds is 1. The molecule has 17 heavy (non-hydrogen) atoms. The van der Waals surface area contributed by atoms with E-state index in [2.05, 4.69) is 18.0 Å². The lowest BCUT2D eigenvalue weighted by Crippen LogP contribution is -2.21. The molecule has 0 radical (unpaired) electrons. The molecule has 3 rings (SSSR count). The van der Waals surface area contributed by atoms with Crippen LogP contribution in [0.3, 0.4) is 0 Å². The number of halogens is 1. The molecule has 0 aromatic heterocycles. The fourth-order valence-corrected chi connectivity index (χ4v) is 2.89. The molecule has 2 aliphatic rings. The van der Waals surface area contributed by atoms with Gasteiger partial charge in [0.2, 0.25) is 0 Å². The van der Waals surface area contributed by atoms with Crippen LogP contribution in [-0.4, -0.2) is 31.7 Å². The van der Waals surface area contributed by atoms with Gasteiger partial charge >= 0.3 is 0 Å². The lowest BCUT2D eigenvalue weighted by atomic mass is 10.0. The molecular formula is C13H16ClNO2. The highest BCUT2D eigenvalue weighted by Crippen LogP contribution is 2.45. The average Bonchev–Trinajstić information content (AvgIpc) is 2.77. The first-order chi connectivity index (χ1) is 8.27. The summed E-state index contributed by atoms with van der Waals surface area (Å²) in [4.78, 5) is 2.36. The van der Waals surface area contributed by atoms with E-state index in [4.69, 9.17) is 21.1 Å². The molecule has 0 N–H and O–H groups in total. The Morgan fingerprint density at radius 2 is 2.00 bits per heavy atom. The molecule has 0 saturated carbocycles. The van der Waals surface area contributed by atoms with Gasteiger partial charge < -0.3 is 9.47 Å². The molecule has 92 valence electrons. The third-order valence-electron chi connectivity index (χ3n) is 3.55. The number of likely N-dealkylation sites (tertiary alicyclic amines) is 1. The standard InChI is InChI=1S/C13H16ClNO2/c1-15-6-2-3-11(15)9-4-5-10(14)13-12(9)16-7-8-17-13/h4-5,11H,2-3,6-8H2,1H3/t11-/m0/s1. The maximum Gasteiger partial charge on any atom is 0.180 e. The Balaban J connectivity index is 2.04. The van der Waals surface area contributed by atoms with Crippen molar-refractivity contribution >= 4 is 11.6 Å². The van der Waals surface area contributed by atoms with Gasteiger partial charge in [0.05, 0.1) is 5.02 Å². The number of hydrogen-bond donors (Lipinski definition) is 0. The molecule has 3 nitrogen and oxygen atoms in total. The molecule has 1 atom stereocenters. The zero-order valence-electron chi connectivity index (χ0n) is 9.91. The van der Waals surface area contributed by atoms with Crippen molar-refractivity contribution in [2.45, 2.75) is 18.9 Å². The van der Waals surface area contributed by atoms with E-state index in [0.29, 0.717) is 24.3 Å². The summed E-state index contributed by atoms with van der Waals surface area (Å²) in [6, 6.07) is 4.42. The highest BCUT2D eigenvalue weighted by molar-refractivity contribution is 6.32. The second-order valence-electron chi connectivity index (χ2n) is 4.63. The minimum Gasteiger partial charge on any atom is -0.486 e. The van der Waals surface area contributed by atoms with Crippen molar-refractivity contribution < 1.29 is 9.47 Å². The first kappa shape index (κ1) is 11.2. The lowest BCUT2D eigenvalue weighted by molar-refractivity contribution is 0.166. The van der Waals surface area contributed by atoms with Gasteiger partial charge in [0.25, 0.3) is 0 Å². The summed E-state index contributed by atoms with van der Waals surface area (Å²) in [6.07, 6.45) is 2.41. The van der Waals surface area contributed by atoms with Gasteiger partial charge in [-0.05, 0) is 32.5 Å². The van der Waals surface area contributed by atoms with Crippen LogP contribution in [0.4, 0.5) is 0 Å². The predicted molar refractivity (Wildman–Crippen MR) is 67.0 cm³/mol. The van der Waals surface area contributed by atoms with Crippen molar-refractivity contribution in [3.8, 4) is 11.5 Å². The number of nitrogens with zero attached hydrogens (tertiary/aromatic N) is 1. The molecule has 0 spiro atoms. The van der Waals surface area contributed by atoms with Gasteiger partial charge in [0.1, 0.15) is 13.2 Å². The minimum absolute atomic E-state index is 0.433. The second-order valence-corrected chi connectivity index (χ2v) is 5.04. The fourth-order valence-electron chi connectivity index (χ4n) is 2.69. The molecule has 1 aromatic rings. The van der Waals surface area contributed by atoms with Crippen LogP contribution in [-0.2, 0) is 0 Å². The molecule has 1 fully saturated rings. The summed E-state index contributed by atoms with van der Waals surface area (Å²) in [5, 5.41) is 0.643. The first-order valence-electron chi connectivity index (χ1n) is 6.05. The number of ether oxygens (including phenoxy) is 2. The number of hydrogen-bond acceptors (Lipinski definition) is 3. The molecule has 2 heterocycles. The highest BCUT2D eigenvalue weighted by atomic mass is 35.5. The van der Waals surface area contributed by atoms with E-state index in [-0.39, 0.29) is 0 Å². The molecule has 0 aliphatic carbocycles. The van der Waals surface area contributed by atoms with E-state index in [1.165, 1.54) is 18.4 Å². The lowest BCUT2D eigenvalue weighted by Gasteiger charge is -2.27. The van der Waals surface area contributed by atoms with E-state index in [9.17, 15) is 0 Å². The Bertz CT molecular complexity index is 436. The summed E-state index contributed by atoms with van der Waals surface area (Å²) in [5.74, 6) is 1.57. The van der Waals surface area contributed by atoms with E-state index in [1.807, 2.05) is 6.07 Å². The topological polar surface area (TPSA) is 21.7 Å². The van der Waals surface area contributed by atoms with Crippen LogP contribution in [0.1, 0.15) is 24.4 Å². The molecule has 0 bridgehead atoms. The van der Waals surface area contributed by atoms with E-state index >= 15 is 0 Å². The molecule has 4 heteroatoms. The van der Waals surface area contributed by atoms with E-state index < -0.39 is 0 Å². The van der Waals surface area contributed by atoms with Crippen molar-refractivity contribution in [3.63, 3.8) is 0 Å². The van der Waals surface area contributed by atoms with E-state index in [1.54, 1.807) is 0 Å². The van der Waals surface area contributed by atoms with Crippen molar-refractivity contribution in [1.82, 2.24) is 4.90 Å². The summed E-state index contributed by atoms with van der Waals surface area (Å²) in [7, 11) is 2.16. The Hall–Kier alpha value is -0.930. The third kappa shape index (κ3) is 1.87. The largest absolute Gasteiger partial charge is 0.486 e. The van der Waals surface area contributed by atoms with Crippen LogP contribution in [0.2, 0.25) is 5.02 Å². The Labute approximate surface area is 106 Å². The smallest absolute Gasteiger partial charge is 0.180 e. The third-order valence-corrected chi connectivity index (χ3v) is 3.85. The van der Waals surface area contributed by atoms with Crippen LogP contribution in [0, 0.1) is 0 Å². The SMILES string of the molecule is CN1CCC[C@H]1c1ccc(Cl)c2c1OCCO2. The normalized spacial score (nSPS) is 24.0. The van der Waals surface area contributed by atoms with Gasteiger partial charge in [0.15, 0.2) is 11.5 Å². The second kappa shape index (κ2) is 4.39. The molecule has 0 amide bonds. The van der Waals surface area contributed by atoms with Gasteiger partial charge in [-0.15, -0.1) is 0 Å². The Kier molecular flexibility index (Phi) is 2.89. The van der Waals surface area contributed by atoms with Gasteiger partial charge in [-0.3, -0.25) is 4.90 Å². The van der Waals surface area contributed by atoms with Crippen LogP contribution in [0.25, 0.3) is 0 Å². The van der Waals surface area contributed by atoms with Crippen molar-refractivity contribution in [1.29, 1.82) is 0 Å². The quantitative estimate of drug-likeness (QED) is 0.768. The van der Waals surface area contributed by atoms with Crippen LogP contribution >= 0.6 is 11.6 Å². The van der Waals surface area contributed by atoms with Crippen LogP contribution < -0.4 is 9.47 Å². The molecule has 2 aliphatic heterocycles. The van der Waals surface area contributed by atoms with Crippen molar-refractivity contribution in [3.05, 3.63) is 22.7 Å². The van der Waals surface area contributed by atoms with Crippen LogP contribution in [0.15, 0.2) is 12.1 Å². The molecule has 1 saturated heterocycles. The van der Waals surface area contributed by atoms with Gasteiger partial charge in [-0.2, -0.15) is 0 Å². The highest BCUT2D eigenvalue weighted by Gasteiger charge is 2.29. The summed E-state index contributed by atoms with van der Waals surface area (Å²) in [6.45, 7) is 2.33. The van der Waals surface area contributed by atoms with Crippen molar-refractivity contribution in [2.24, 2.45) is 0 Å². The minimum atomic E-state index is 0.433. The zero-order chi connectivity index (χ0) is 11.8. The van der Waals surface area contributed by atoms with E-state index in [0.717, 1.165) is 18.0 Å². The van der Waals surface area contributed by atoms with Gasteiger partial charge in [0, 0.05) is 11.6 Å². The maximum absolute atomic E-state index is 6.14. The predicted octanol–water partition coefficient (Wildman–Crippen LogP) is 2.88. The number of fused-ring (bicyclic) bond motifs is 1. The zero-order valence-corrected chi connectivity index (χ0v) is 10.7. The fraction of sp³-hybridized carbons (Fsp3) is 0.538. The first-order valence-corrected chi connectivity index (χ1v) is 6.43. The average molecular weight is 254 g/mol. The summed E-state index contributed by atoms with van der Waals surface area (Å²) in [5.41, 5.74) is 1.21. The molecule has 1 aromatic carbocycles. The van der Waals surface area contributed by atoms with Crippen LogP contribution in [0.5, 0.6) is 11.5 Å².